The van der Waals surface area contributed by atoms with E-state index in [0.717, 1.165) is 18.2 Å². The van der Waals surface area contributed by atoms with E-state index >= 15 is 0 Å². The summed E-state index contributed by atoms with van der Waals surface area (Å²) in [6, 6.07) is 3.17. The Balaban J connectivity index is 2.42. The summed E-state index contributed by atoms with van der Waals surface area (Å²) in [5, 5.41) is 18.9. The minimum Gasteiger partial charge on any atom is -0.477 e. The molecular formula is C10H4ClFN2O5S. The molecule has 1 aromatic heterocycles. The molecule has 0 unspecified atom stereocenters. The number of hydrogen-bond acceptors (Lipinski definition) is 6. The Hall–Kier alpha value is -2.26. The van der Waals surface area contributed by atoms with Crippen LogP contribution >= 0.6 is 22.9 Å². The highest BCUT2D eigenvalue weighted by Gasteiger charge is 2.23. The zero-order valence-electron chi connectivity index (χ0n) is 9.37. The van der Waals surface area contributed by atoms with Crippen LogP contribution in [0.4, 0.5) is 10.1 Å². The molecule has 0 aliphatic rings. The van der Waals surface area contributed by atoms with Crippen LogP contribution in [0.15, 0.2) is 18.2 Å². The number of nitro benzene ring substituents is 1. The first-order valence-electron chi connectivity index (χ1n) is 4.90. The number of benzene rings is 1. The molecule has 0 amide bonds. The molecular weight excluding hydrogens is 315 g/mol. The smallest absolute Gasteiger partial charge is 0.349 e. The Kier molecular flexibility index (Phi) is 3.81. The fraction of sp³-hybridized carbons (Fsp3) is 0. The summed E-state index contributed by atoms with van der Waals surface area (Å²) in [5.74, 6) is -2.95. The van der Waals surface area contributed by atoms with Gasteiger partial charge in [-0.2, -0.15) is 4.98 Å². The number of halogens is 2. The van der Waals surface area contributed by atoms with E-state index in [0.29, 0.717) is 11.3 Å². The molecule has 1 N–H and O–H groups in total. The van der Waals surface area contributed by atoms with Crippen LogP contribution < -0.4 is 4.74 Å². The first-order chi connectivity index (χ1) is 9.40. The molecule has 0 radical (unpaired) electrons. The van der Waals surface area contributed by atoms with Crippen molar-refractivity contribution in [1.82, 2.24) is 4.98 Å². The third-order valence-corrected chi connectivity index (χ3v) is 3.40. The Morgan fingerprint density at radius 2 is 2.25 bits per heavy atom. The van der Waals surface area contributed by atoms with Crippen LogP contribution in [0.2, 0.25) is 5.15 Å². The van der Waals surface area contributed by atoms with Gasteiger partial charge in [0.25, 0.3) is 5.19 Å². The molecule has 1 aromatic carbocycles. The number of carboxylic acid groups (broad SMARTS) is 1. The van der Waals surface area contributed by atoms with Crippen LogP contribution in [0.25, 0.3) is 0 Å². The molecule has 0 spiro atoms. The second-order valence-electron chi connectivity index (χ2n) is 3.35. The van der Waals surface area contributed by atoms with Gasteiger partial charge in [-0.05, 0) is 6.07 Å². The van der Waals surface area contributed by atoms with Gasteiger partial charge < -0.3 is 9.84 Å². The molecule has 0 aliphatic carbocycles. The zero-order valence-corrected chi connectivity index (χ0v) is 10.9. The van der Waals surface area contributed by atoms with Gasteiger partial charge in [-0.25, -0.2) is 9.18 Å². The fourth-order valence-corrected chi connectivity index (χ4v) is 2.27. The topological polar surface area (TPSA) is 103 Å². The minimum absolute atomic E-state index is 0.305. The third kappa shape index (κ3) is 2.68. The van der Waals surface area contributed by atoms with Crippen LogP contribution in [-0.2, 0) is 0 Å². The van der Waals surface area contributed by atoms with Crippen LogP contribution in [0, 0.1) is 15.9 Å². The van der Waals surface area contributed by atoms with Crippen molar-refractivity contribution in [2.45, 2.75) is 0 Å². The highest BCUT2D eigenvalue weighted by Crippen LogP contribution is 2.37. The maximum Gasteiger partial charge on any atom is 0.349 e. The molecule has 0 bridgehead atoms. The van der Waals surface area contributed by atoms with Gasteiger partial charge in [0.1, 0.15) is 0 Å². The number of aromatic nitrogens is 1. The van der Waals surface area contributed by atoms with Gasteiger partial charge in [0.05, 0.1) is 4.92 Å². The quantitative estimate of drug-likeness (QED) is 0.685. The lowest BCUT2D eigenvalue weighted by Crippen LogP contribution is -1.95. The Morgan fingerprint density at radius 3 is 2.80 bits per heavy atom. The summed E-state index contributed by atoms with van der Waals surface area (Å²) in [5.41, 5.74) is -0.604. The van der Waals surface area contributed by atoms with Crippen molar-refractivity contribution in [3.05, 3.63) is 44.2 Å². The highest BCUT2D eigenvalue weighted by molar-refractivity contribution is 7.15. The first-order valence-corrected chi connectivity index (χ1v) is 6.10. The van der Waals surface area contributed by atoms with Crippen LogP contribution in [0.1, 0.15) is 9.67 Å². The van der Waals surface area contributed by atoms with Crippen molar-refractivity contribution < 1.29 is 24.0 Å². The summed E-state index contributed by atoms with van der Waals surface area (Å²) in [6.07, 6.45) is 0. The second-order valence-corrected chi connectivity index (χ2v) is 4.67. The SMILES string of the molecule is O=C(O)c1sc(Oc2c(F)cccc2[N+](=O)[O-])nc1Cl. The van der Waals surface area contributed by atoms with Gasteiger partial charge in [0.2, 0.25) is 5.75 Å². The highest BCUT2D eigenvalue weighted by atomic mass is 35.5. The van der Waals surface area contributed by atoms with Crippen molar-refractivity contribution in [2.24, 2.45) is 0 Å². The minimum atomic E-state index is -1.33. The molecule has 104 valence electrons. The molecule has 1 heterocycles. The number of para-hydroxylation sites is 1. The average molecular weight is 319 g/mol. The molecule has 7 nitrogen and oxygen atoms in total. The lowest BCUT2D eigenvalue weighted by molar-refractivity contribution is -0.385. The van der Waals surface area contributed by atoms with Crippen molar-refractivity contribution in [1.29, 1.82) is 0 Å². The molecule has 0 saturated carbocycles. The number of nitro groups is 1. The van der Waals surface area contributed by atoms with Crippen LogP contribution in [0.5, 0.6) is 10.9 Å². The van der Waals surface area contributed by atoms with E-state index < -0.39 is 28.1 Å². The summed E-state index contributed by atoms with van der Waals surface area (Å²) in [6.45, 7) is 0. The summed E-state index contributed by atoms with van der Waals surface area (Å²) >= 11 is 6.10. The van der Waals surface area contributed by atoms with Crippen molar-refractivity contribution in [3.8, 4) is 10.9 Å². The van der Waals surface area contributed by atoms with Crippen LogP contribution in [0.3, 0.4) is 0 Å². The van der Waals surface area contributed by atoms with E-state index in [1.54, 1.807) is 0 Å². The molecule has 0 saturated heterocycles. The molecule has 0 fully saturated rings. The standard InChI is InChI=1S/C10H4ClFN2O5S/c11-8-7(9(15)16)20-10(13-8)19-6-4(12)2-1-3-5(6)14(17)18/h1-3H,(H,15,16). The van der Waals surface area contributed by atoms with Crippen molar-refractivity contribution in [2.75, 3.05) is 0 Å². The van der Waals surface area contributed by atoms with E-state index in [1.807, 2.05) is 0 Å². The number of hydrogen-bond donors (Lipinski definition) is 1. The fourth-order valence-electron chi connectivity index (χ4n) is 1.29. The lowest BCUT2D eigenvalue weighted by Gasteiger charge is -2.03. The number of carboxylic acids is 1. The molecule has 2 aromatic rings. The summed E-state index contributed by atoms with van der Waals surface area (Å²) in [4.78, 5) is 24.0. The van der Waals surface area contributed by atoms with E-state index in [9.17, 15) is 19.3 Å². The number of nitrogens with zero attached hydrogens (tertiary/aromatic N) is 2. The van der Waals surface area contributed by atoms with Gasteiger partial charge in [0.15, 0.2) is 15.8 Å². The van der Waals surface area contributed by atoms with Gasteiger partial charge in [-0.15, -0.1) is 0 Å². The number of rotatable bonds is 4. The number of carbonyl (C=O) groups is 1. The number of ether oxygens (including phenoxy) is 1. The maximum absolute atomic E-state index is 13.6. The summed E-state index contributed by atoms with van der Waals surface area (Å²) in [7, 11) is 0. The number of thiazole rings is 1. The first kappa shape index (κ1) is 14.2. The normalized spacial score (nSPS) is 10.3. The Labute approximate surface area is 119 Å². The molecule has 20 heavy (non-hydrogen) atoms. The molecule has 0 atom stereocenters. The lowest BCUT2D eigenvalue weighted by atomic mass is 10.3. The maximum atomic E-state index is 13.6. The monoisotopic (exact) mass is 318 g/mol. The molecule has 2 rings (SSSR count). The Morgan fingerprint density at radius 1 is 1.55 bits per heavy atom. The van der Waals surface area contributed by atoms with Gasteiger partial charge >= 0.3 is 11.7 Å². The third-order valence-electron chi connectivity index (χ3n) is 2.09. The van der Waals surface area contributed by atoms with Crippen LogP contribution in [-0.4, -0.2) is 21.0 Å². The number of aromatic carboxylic acids is 1. The van der Waals surface area contributed by atoms with E-state index in [-0.39, 0.29) is 15.2 Å². The van der Waals surface area contributed by atoms with Gasteiger partial charge in [-0.1, -0.05) is 29.0 Å². The van der Waals surface area contributed by atoms with E-state index in [1.165, 1.54) is 0 Å². The van der Waals surface area contributed by atoms with E-state index in [2.05, 4.69) is 4.98 Å². The largest absolute Gasteiger partial charge is 0.477 e. The van der Waals surface area contributed by atoms with Gasteiger partial charge in [-0.3, -0.25) is 10.1 Å². The van der Waals surface area contributed by atoms with Gasteiger partial charge in [0, 0.05) is 6.07 Å². The van der Waals surface area contributed by atoms with Crippen molar-refractivity contribution in [3.63, 3.8) is 0 Å². The average Bonchev–Trinajstić information content (AvgIpc) is 2.72. The van der Waals surface area contributed by atoms with E-state index in [4.69, 9.17) is 21.4 Å². The summed E-state index contributed by atoms with van der Waals surface area (Å²) < 4.78 is 18.5. The zero-order chi connectivity index (χ0) is 14.9. The molecule has 10 heteroatoms. The van der Waals surface area contributed by atoms with Crippen molar-refractivity contribution >= 4 is 34.6 Å². The predicted molar refractivity (Wildman–Crippen MR) is 67.2 cm³/mol. The molecule has 0 aliphatic heterocycles. The predicted octanol–water partition coefficient (Wildman–Crippen LogP) is 3.33. The second kappa shape index (κ2) is 5.39. The Bertz CT molecular complexity index is 705.